The van der Waals surface area contributed by atoms with Gasteiger partial charge in [0.2, 0.25) is 0 Å². The van der Waals surface area contributed by atoms with Gasteiger partial charge in [0, 0.05) is 5.69 Å². The van der Waals surface area contributed by atoms with Crippen LogP contribution in [0, 0.1) is 0 Å². The van der Waals surface area contributed by atoms with E-state index in [9.17, 15) is 4.79 Å². The molecule has 3 N–H and O–H groups in total. The zero-order chi connectivity index (χ0) is 14.5. The number of carbonyl (C=O) groups excluding carboxylic acids is 1. The van der Waals surface area contributed by atoms with Gasteiger partial charge in [-0.1, -0.05) is 30.3 Å². The van der Waals surface area contributed by atoms with E-state index in [2.05, 4.69) is 5.32 Å². The van der Waals surface area contributed by atoms with Crippen molar-refractivity contribution in [3.63, 3.8) is 0 Å². The van der Waals surface area contributed by atoms with Gasteiger partial charge in [0.15, 0.2) is 0 Å². The van der Waals surface area contributed by atoms with Crippen molar-refractivity contribution in [3.05, 3.63) is 59.7 Å². The number of benzene rings is 2. The highest BCUT2D eigenvalue weighted by Gasteiger charge is 2.14. The van der Waals surface area contributed by atoms with Crippen molar-refractivity contribution in [1.82, 2.24) is 5.32 Å². The molecule has 0 aromatic heterocycles. The van der Waals surface area contributed by atoms with Gasteiger partial charge in [0.1, 0.15) is 5.75 Å². The summed E-state index contributed by atoms with van der Waals surface area (Å²) in [6.07, 6.45) is 0. The summed E-state index contributed by atoms with van der Waals surface area (Å²) in [6.45, 7) is 1.93. The molecule has 0 spiro atoms. The SMILES string of the molecule is COc1ccc(N)c(C(=O)N[C@@H](C)c2ccccc2)c1. The van der Waals surface area contributed by atoms with E-state index < -0.39 is 0 Å². The predicted octanol–water partition coefficient (Wildman–Crippen LogP) is 2.77. The standard InChI is InChI=1S/C16H18N2O2/c1-11(12-6-4-3-5-7-12)18-16(19)14-10-13(20-2)8-9-15(14)17/h3-11H,17H2,1-2H3,(H,18,19)/t11-/m0/s1. The number of nitrogen functional groups attached to an aromatic ring is 1. The lowest BCUT2D eigenvalue weighted by molar-refractivity contribution is 0.0940. The molecule has 4 heteroatoms. The van der Waals surface area contributed by atoms with Gasteiger partial charge in [-0.25, -0.2) is 0 Å². The van der Waals surface area contributed by atoms with Crippen LogP contribution >= 0.6 is 0 Å². The highest BCUT2D eigenvalue weighted by Crippen LogP contribution is 2.20. The van der Waals surface area contributed by atoms with Crippen molar-refractivity contribution >= 4 is 11.6 Å². The van der Waals surface area contributed by atoms with Gasteiger partial charge in [-0.15, -0.1) is 0 Å². The molecule has 104 valence electrons. The third kappa shape index (κ3) is 3.09. The third-order valence-electron chi connectivity index (χ3n) is 3.15. The molecule has 2 rings (SSSR count). The molecule has 0 saturated carbocycles. The molecule has 0 aliphatic rings. The lowest BCUT2D eigenvalue weighted by atomic mass is 10.1. The third-order valence-corrected chi connectivity index (χ3v) is 3.15. The van der Waals surface area contributed by atoms with Crippen LogP contribution in [0.2, 0.25) is 0 Å². The van der Waals surface area contributed by atoms with Crippen LogP contribution in [0.25, 0.3) is 0 Å². The quantitative estimate of drug-likeness (QED) is 0.840. The summed E-state index contributed by atoms with van der Waals surface area (Å²) in [5.74, 6) is 0.398. The van der Waals surface area contributed by atoms with Crippen molar-refractivity contribution < 1.29 is 9.53 Å². The Labute approximate surface area is 118 Å². The molecule has 1 amide bonds. The van der Waals surface area contributed by atoms with Crippen molar-refractivity contribution in [2.75, 3.05) is 12.8 Å². The lowest BCUT2D eigenvalue weighted by Crippen LogP contribution is -2.27. The Kier molecular flexibility index (Phi) is 4.25. The number of ether oxygens (including phenoxy) is 1. The summed E-state index contributed by atoms with van der Waals surface area (Å²) in [5.41, 5.74) is 7.74. The molecule has 0 heterocycles. The maximum atomic E-state index is 12.3. The largest absolute Gasteiger partial charge is 0.497 e. The van der Waals surface area contributed by atoms with Crippen LogP contribution in [0.3, 0.4) is 0 Å². The molecule has 4 nitrogen and oxygen atoms in total. The van der Waals surface area contributed by atoms with Gasteiger partial charge in [0.05, 0.1) is 18.7 Å². The molecular formula is C16H18N2O2. The first kappa shape index (κ1) is 13.9. The van der Waals surface area contributed by atoms with Crippen LogP contribution < -0.4 is 15.8 Å². The van der Waals surface area contributed by atoms with Crippen molar-refractivity contribution in [1.29, 1.82) is 0 Å². The summed E-state index contributed by atoms with van der Waals surface area (Å²) in [6, 6.07) is 14.7. The molecule has 0 saturated heterocycles. The summed E-state index contributed by atoms with van der Waals surface area (Å²) < 4.78 is 5.11. The van der Waals surface area contributed by atoms with E-state index in [0.717, 1.165) is 5.56 Å². The molecule has 0 bridgehead atoms. The molecular weight excluding hydrogens is 252 g/mol. The maximum Gasteiger partial charge on any atom is 0.253 e. The van der Waals surface area contributed by atoms with E-state index in [0.29, 0.717) is 17.0 Å². The Bertz CT molecular complexity index is 597. The minimum absolute atomic E-state index is 0.0886. The zero-order valence-corrected chi connectivity index (χ0v) is 11.6. The van der Waals surface area contributed by atoms with Gasteiger partial charge in [-0.3, -0.25) is 4.79 Å². The summed E-state index contributed by atoms with van der Waals surface area (Å²) >= 11 is 0. The molecule has 2 aromatic carbocycles. The molecule has 2 aromatic rings. The van der Waals surface area contributed by atoms with E-state index in [1.54, 1.807) is 25.3 Å². The van der Waals surface area contributed by atoms with E-state index in [4.69, 9.17) is 10.5 Å². The van der Waals surface area contributed by atoms with Gasteiger partial charge < -0.3 is 15.8 Å². The number of rotatable bonds is 4. The van der Waals surface area contributed by atoms with Crippen LogP contribution in [0.1, 0.15) is 28.9 Å². The van der Waals surface area contributed by atoms with Gasteiger partial charge >= 0.3 is 0 Å². The highest BCUT2D eigenvalue weighted by atomic mass is 16.5. The lowest BCUT2D eigenvalue weighted by Gasteiger charge is -2.15. The summed E-state index contributed by atoms with van der Waals surface area (Å²) in [5, 5.41) is 2.93. The van der Waals surface area contributed by atoms with Crippen LogP contribution in [-0.2, 0) is 0 Å². The number of anilines is 1. The van der Waals surface area contributed by atoms with E-state index in [1.165, 1.54) is 0 Å². The average Bonchev–Trinajstić information content (AvgIpc) is 2.48. The van der Waals surface area contributed by atoms with Crippen molar-refractivity contribution in [2.24, 2.45) is 0 Å². The molecule has 0 fully saturated rings. The second kappa shape index (κ2) is 6.10. The molecule has 0 aliphatic heterocycles. The minimum atomic E-state index is -0.210. The Morgan fingerprint density at radius 2 is 1.90 bits per heavy atom. The van der Waals surface area contributed by atoms with Crippen LogP contribution in [0.15, 0.2) is 48.5 Å². The number of amides is 1. The molecule has 0 unspecified atom stereocenters. The summed E-state index contributed by atoms with van der Waals surface area (Å²) in [4.78, 5) is 12.3. The minimum Gasteiger partial charge on any atom is -0.497 e. The Morgan fingerprint density at radius 3 is 2.55 bits per heavy atom. The monoisotopic (exact) mass is 270 g/mol. The van der Waals surface area contributed by atoms with Gasteiger partial charge in [0.25, 0.3) is 5.91 Å². The Balaban J connectivity index is 2.16. The fourth-order valence-corrected chi connectivity index (χ4v) is 1.96. The Hall–Kier alpha value is -2.49. The normalized spacial score (nSPS) is 11.7. The van der Waals surface area contributed by atoms with Crippen molar-refractivity contribution in [2.45, 2.75) is 13.0 Å². The topological polar surface area (TPSA) is 64.3 Å². The Morgan fingerprint density at radius 1 is 1.20 bits per heavy atom. The van der Waals surface area contributed by atoms with E-state index in [1.807, 2.05) is 37.3 Å². The smallest absolute Gasteiger partial charge is 0.253 e. The van der Waals surface area contributed by atoms with Gasteiger partial charge in [-0.2, -0.15) is 0 Å². The second-order valence-electron chi connectivity index (χ2n) is 4.56. The predicted molar refractivity (Wildman–Crippen MR) is 79.7 cm³/mol. The van der Waals surface area contributed by atoms with E-state index >= 15 is 0 Å². The second-order valence-corrected chi connectivity index (χ2v) is 4.56. The van der Waals surface area contributed by atoms with Crippen LogP contribution in [0.5, 0.6) is 5.75 Å². The molecule has 0 radical (unpaired) electrons. The number of carbonyl (C=O) groups is 1. The number of nitrogens with one attached hydrogen (secondary N) is 1. The summed E-state index contributed by atoms with van der Waals surface area (Å²) in [7, 11) is 1.56. The first-order chi connectivity index (χ1) is 9.61. The number of nitrogens with two attached hydrogens (primary N) is 1. The highest BCUT2D eigenvalue weighted by molar-refractivity contribution is 5.99. The van der Waals surface area contributed by atoms with E-state index in [-0.39, 0.29) is 11.9 Å². The molecule has 20 heavy (non-hydrogen) atoms. The first-order valence-electron chi connectivity index (χ1n) is 6.41. The maximum absolute atomic E-state index is 12.3. The van der Waals surface area contributed by atoms with Crippen LogP contribution in [-0.4, -0.2) is 13.0 Å². The fraction of sp³-hybridized carbons (Fsp3) is 0.188. The zero-order valence-electron chi connectivity index (χ0n) is 11.6. The molecule has 0 aliphatic carbocycles. The number of methoxy groups -OCH3 is 1. The molecule has 1 atom stereocenters. The van der Waals surface area contributed by atoms with Crippen molar-refractivity contribution in [3.8, 4) is 5.75 Å². The fourth-order valence-electron chi connectivity index (χ4n) is 1.96. The number of hydrogen-bond donors (Lipinski definition) is 2. The van der Waals surface area contributed by atoms with Crippen LogP contribution in [0.4, 0.5) is 5.69 Å². The average molecular weight is 270 g/mol. The number of hydrogen-bond acceptors (Lipinski definition) is 3. The first-order valence-corrected chi connectivity index (χ1v) is 6.41. The van der Waals surface area contributed by atoms with Gasteiger partial charge in [-0.05, 0) is 30.7 Å².